The van der Waals surface area contributed by atoms with Crippen LogP contribution in [0.2, 0.25) is 0 Å². The minimum atomic E-state index is -0.115. The maximum Gasteiger partial charge on any atom is 0.243 e. The Hall–Kier alpha value is -3.27. The molecular weight excluding hydrogens is 300 g/mol. The normalized spacial score (nSPS) is 10.0. The molecule has 2 N–H and O–H groups in total. The van der Waals surface area contributed by atoms with E-state index < -0.39 is 0 Å². The number of hydrogen-bond acceptors (Lipinski definition) is 3. The van der Waals surface area contributed by atoms with Crippen molar-refractivity contribution >= 4 is 17.3 Å². The second-order valence-corrected chi connectivity index (χ2v) is 5.18. The number of anilines is 2. The van der Waals surface area contributed by atoms with E-state index >= 15 is 0 Å². The largest absolute Gasteiger partial charge is 0.455 e. The molecule has 0 atom stereocenters. The van der Waals surface area contributed by atoms with Gasteiger partial charge in [0.25, 0.3) is 0 Å². The summed E-state index contributed by atoms with van der Waals surface area (Å²) in [6, 6.07) is 26.5. The van der Waals surface area contributed by atoms with Crippen molar-refractivity contribution < 1.29 is 9.53 Å². The highest BCUT2D eigenvalue weighted by Crippen LogP contribution is 2.28. The molecular formula is C20H18N2O2. The molecule has 4 nitrogen and oxygen atoms in total. The van der Waals surface area contributed by atoms with Crippen molar-refractivity contribution in [1.82, 2.24) is 0 Å². The SMILES string of the molecule is O=C(CNc1ccccc1Oc1ccccc1)Nc1ccccc1. The third-order valence-electron chi connectivity index (χ3n) is 3.36. The molecule has 24 heavy (non-hydrogen) atoms. The molecule has 0 spiro atoms. The van der Waals surface area contributed by atoms with Gasteiger partial charge in [-0.25, -0.2) is 0 Å². The third kappa shape index (κ3) is 4.36. The lowest BCUT2D eigenvalue weighted by Gasteiger charge is -2.13. The zero-order valence-electron chi connectivity index (χ0n) is 13.1. The van der Waals surface area contributed by atoms with Gasteiger partial charge in [-0.2, -0.15) is 0 Å². The summed E-state index contributed by atoms with van der Waals surface area (Å²) in [6.07, 6.45) is 0. The monoisotopic (exact) mass is 318 g/mol. The summed E-state index contributed by atoms with van der Waals surface area (Å²) in [4.78, 5) is 12.0. The van der Waals surface area contributed by atoms with Crippen LogP contribution in [0.25, 0.3) is 0 Å². The molecule has 3 rings (SSSR count). The lowest BCUT2D eigenvalue weighted by atomic mass is 10.2. The molecule has 3 aromatic carbocycles. The zero-order valence-corrected chi connectivity index (χ0v) is 13.1. The zero-order chi connectivity index (χ0) is 16.6. The van der Waals surface area contributed by atoms with Crippen LogP contribution in [0.4, 0.5) is 11.4 Å². The van der Waals surface area contributed by atoms with Crippen molar-refractivity contribution in [3.63, 3.8) is 0 Å². The van der Waals surface area contributed by atoms with Crippen LogP contribution < -0.4 is 15.4 Å². The van der Waals surface area contributed by atoms with E-state index in [1.807, 2.05) is 84.9 Å². The van der Waals surface area contributed by atoms with Gasteiger partial charge < -0.3 is 15.4 Å². The molecule has 0 unspecified atom stereocenters. The average molecular weight is 318 g/mol. The fraction of sp³-hybridized carbons (Fsp3) is 0.0500. The number of ether oxygens (including phenoxy) is 1. The molecule has 0 aliphatic heterocycles. The predicted octanol–water partition coefficient (Wildman–Crippen LogP) is 4.53. The number of rotatable bonds is 6. The van der Waals surface area contributed by atoms with Gasteiger partial charge in [0.15, 0.2) is 5.75 Å². The summed E-state index contributed by atoms with van der Waals surface area (Å²) in [5, 5.41) is 5.96. The van der Waals surface area contributed by atoms with Gasteiger partial charge in [0.05, 0.1) is 12.2 Å². The van der Waals surface area contributed by atoms with Crippen molar-refractivity contribution in [1.29, 1.82) is 0 Å². The molecule has 0 heterocycles. The first kappa shape index (κ1) is 15.6. The van der Waals surface area contributed by atoms with Crippen LogP contribution in [0.3, 0.4) is 0 Å². The smallest absolute Gasteiger partial charge is 0.243 e. The first-order chi connectivity index (χ1) is 11.8. The molecule has 120 valence electrons. The maximum atomic E-state index is 12.0. The average Bonchev–Trinajstić information content (AvgIpc) is 2.63. The lowest BCUT2D eigenvalue weighted by Crippen LogP contribution is -2.21. The van der Waals surface area contributed by atoms with E-state index in [0.29, 0.717) is 5.75 Å². The molecule has 0 aliphatic rings. The number of hydrogen-bond donors (Lipinski definition) is 2. The number of nitrogens with one attached hydrogen (secondary N) is 2. The van der Waals surface area contributed by atoms with Gasteiger partial charge in [-0.05, 0) is 36.4 Å². The van der Waals surface area contributed by atoms with Crippen molar-refractivity contribution in [3.05, 3.63) is 84.9 Å². The van der Waals surface area contributed by atoms with Crippen LogP contribution in [0.1, 0.15) is 0 Å². The highest BCUT2D eigenvalue weighted by molar-refractivity contribution is 5.93. The van der Waals surface area contributed by atoms with Gasteiger partial charge in [-0.15, -0.1) is 0 Å². The highest BCUT2D eigenvalue weighted by atomic mass is 16.5. The minimum Gasteiger partial charge on any atom is -0.455 e. The predicted molar refractivity (Wildman–Crippen MR) is 96.5 cm³/mol. The summed E-state index contributed by atoms with van der Waals surface area (Å²) in [5.41, 5.74) is 1.54. The van der Waals surface area contributed by atoms with Crippen molar-refractivity contribution in [2.45, 2.75) is 0 Å². The van der Waals surface area contributed by atoms with E-state index in [0.717, 1.165) is 17.1 Å². The molecule has 0 radical (unpaired) electrons. The van der Waals surface area contributed by atoms with Crippen LogP contribution in [0, 0.1) is 0 Å². The summed E-state index contributed by atoms with van der Waals surface area (Å²) >= 11 is 0. The fourth-order valence-corrected chi connectivity index (χ4v) is 2.22. The van der Waals surface area contributed by atoms with Gasteiger partial charge in [-0.3, -0.25) is 4.79 Å². The van der Waals surface area contributed by atoms with E-state index in [2.05, 4.69) is 10.6 Å². The molecule has 0 saturated carbocycles. The Morgan fingerprint density at radius 3 is 2.17 bits per heavy atom. The standard InChI is InChI=1S/C20H18N2O2/c23-20(22-16-9-3-1-4-10-16)15-21-18-13-7-8-14-19(18)24-17-11-5-2-6-12-17/h1-14,21H,15H2,(H,22,23). The lowest BCUT2D eigenvalue weighted by molar-refractivity contribution is -0.114. The quantitative estimate of drug-likeness (QED) is 0.702. The Morgan fingerprint density at radius 1 is 0.792 bits per heavy atom. The van der Waals surface area contributed by atoms with Crippen LogP contribution in [-0.2, 0) is 4.79 Å². The van der Waals surface area contributed by atoms with Crippen molar-refractivity contribution in [2.24, 2.45) is 0 Å². The Morgan fingerprint density at radius 2 is 1.42 bits per heavy atom. The molecule has 4 heteroatoms. The topological polar surface area (TPSA) is 50.4 Å². The molecule has 0 aliphatic carbocycles. The van der Waals surface area contributed by atoms with Gasteiger partial charge in [0, 0.05) is 5.69 Å². The Labute approximate surface area is 141 Å². The van der Waals surface area contributed by atoms with E-state index in [1.54, 1.807) is 0 Å². The molecule has 3 aromatic rings. The highest BCUT2D eigenvalue weighted by Gasteiger charge is 2.07. The summed E-state index contributed by atoms with van der Waals surface area (Å²) in [6.45, 7) is 0.157. The van der Waals surface area contributed by atoms with E-state index in [-0.39, 0.29) is 12.5 Å². The van der Waals surface area contributed by atoms with E-state index in [4.69, 9.17) is 4.74 Å². The fourth-order valence-electron chi connectivity index (χ4n) is 2.22. The van der Waals surface area contributed by atoms with Crippen molar-refractivity contribution in [2.75, 3.05) is 17.2 Å². The van der Waals surface area contributed by atoms with Crippen molar-refractivity contribution in [3.8, 4) is 11.5 Å². The van der Waals surface area contributed by atoms with Gasteiger partial charge in [0.1, 0.15) is 5.75 Å². The second kappa shape index (κ2) is 7.83. The van der Waals surface area contributed by atoms with Gasteiger partial charge >= 0.3 is 0 Å². The van der Waals surface area contributed by atoms with Gasteiger partial charge in [-0.1, -0.05) is 48.5 Å². The Bertz CT molecular complexity index is 789. The van der Waals surface area contributed by atoms with Crippen LogP contribution in [-0.4, -0.2) is 12.5 Å². The Kier molecular flexibility index (Phi) is 5.10. The number of carbonyl (C=O) groups is 1. The van der Waals surface area contributed by atoms with Crippen LogP contribution in [0.5, 0.6) is 11.5 Å². The van der Waals surface area contributed by atoms with E-state index in [9.17, 15) is 4.79 Å². The minimum absolute atomic E-state index is 0.115. The molecule has 0 bridgehead atoms. The molecule has 0 saturated heterocycles. The maximum absolute atomic E-state index is 12.0. The summed E-state index contributed by atoms with van der Waals surface area (Å²) in [5.74, 6) is 1.31. The third-order valence-corrected chi connectivity index (χ3v) is 3.36. The van der Waals surface area contributed by atoms with E-state index in [1.165, 1.54) is 0 Å². The molecule has 0 fully saturated rings. The molecule has 1 amide bonds. The van der Waals surface area contributed by atoms with Gasteiger partial charge in [0.2, 0.25) is 5.91 Å². The Balaban J connectivity index is 1.62. The number of amides is 1. The second-order valence-electron chi connectivity index (χ2n) is 5.18. The molecule has 0 aromatic heterocycles. The van der Waals surface area contributed by atoms with Crippen LogP contribution in [0.15, 0.2) is 84.9 Å². The number of benzene rings is 3. The summed E-state index contributed by atoms with van der Waals surface area (Å²) in [7, 11) is 0. The first-order valence-electron chi connectivity index (χ1n) is 7.72. The summed E-state index contributed by atoms with van der Waals surface area (Å²) < 4.78 is 5.87. The van der Waals surface area contributed by atoms with Crippen LogP contribution >= 0.6 is 0 Å². The number of carbonyl (C=O) groups excluding carboxylic acids is 1. The number of para-hydroxylation sites is 4. The first-order valence-corrected chi connectivity index (χ1v) is 7.72.